The Bertz CT molecular complexity index is 456. The van der Waals surface area contributed by atoms with E-state index in [0.29, 0.717) is 11.9 Å². The second-order valence-corrected chi connectivity index (χ2v) is 5.50. The smallest absolute Gasteiger partial charge is 0.231 e. The molecule has 0 bridgehead atoms. The summed E-state index contributed by atoms with van der Waals surface area (Å²) in [6, 6.07) is 0. The van der Waals surface area contributed by atoms with Gasteiger partial charge in [0, 0.05) is 33.3 Å². The normalized spacial score (nSPS) is 22.4. The fourth-order valence-corrected chi connectivity index (χ4v) is 2.77. The third-order valence-electron chi connectivity index (χ3n) is 3.86. The molecule has 110 valence electrons. The second kappa shape index (κ2) is 5.78. The Morgan fingerprint density at radius 2 is 2.05 bits per heavy atom. The topological polar surface area (TPSA) is 80.4 Å². The lowest BCUT2D eigenvalue weighted by atomic mass is 10.2. The molecule has 0 amide bonds. The first-order valence-electron chi connectivity index (χ1n) is 7.31. The van der Waals surface area contributed by atoms with Crippen molar-refractivity contribution in [2.24, 2.45) is 0 Å². The van der Waals surface area contributed by atoms with Crippen molar-refractivity contribution < 1.29 is 4.74 Å². The molecule has 1 aromatic heterocycles. The van der Waals surface area contributed by atoms with Gasteiger partial charge in [0.25, 0.3) is 0 Å². The number of aromatic nitrogens is 3. The molecule has 0 aliphatic carbocycles. The molecule has 0 saturated carbocycles. The van der Waals surface area contributed by atoms with E-state index in [4.69, 9.17) is 10.5 Å². The Morgan fingerprint density at radius 3 is 2.75 bits per heavy atom. The third-order valence-corrected chi connectivity index (χ3v) is 3.86. The maximum absolute atomic E-state index is 5.83. The number of hydrogen-bond acceptors (Lipinski definition) is 7. The van der Waals surface area contributed by atoms with Crippen LogP contribution in [0.4, 0.5) is 17.8 Å². The lowest BCUT2D eigenvalue weighted by Crippen LogP contribution is -2.31. The van der Waals surface area contributed by atoms with Crippen molar-refractivity contribution in [1.29, 1.82) is 0 Å². The fourth-order valence-electron chi connectivity index (χ4n) is 2.77. The highest BCUT2D eigenvalue weighted by Gasteiger charge is 2.21. The number of nitrogens with two attached hydrogens (primary N) is 1. The van der Waals surface area contributed by atoms with Gasteiger partial charge in [-0.05, 0) is 25.7 Å². The first-order chi connectivity index (χ1) is 9.72. The highest BCUT2D eigenvalue weighted by atomic mass is 16.5. The van der Waals surface area contributed by atoms with Crippen LogP contribution in [0.25, 0.3) is 0 Å². The van der Waals surface area contributed by atoms with Gasteiger partial charge >= 0.3 is 0 Å². The zero-order valence-electron chi connectivity index (χ0n) is 12.0. The maximum Gasteiger partial charge on any atom is 0.231 e. The molecule has 1 aromatic rings. The van der Waals surface area contributed by atoms with Crippen LogP contribution in [0.1, 0.15) is 25.7 Å². The van der Waals surface area contributed by atoms with Crippen molar-refractivity contribution in [3.8, 4) is 0 Å². The van der Waals surface area contributed by atoms with Gasteiger partial charge in [0.2, 0.25) is 17.8 Å². The highest BCUT2D eigenvalue weighted by Crippen LogP contribution is 2.20. The molecule has 2 fully saturated rings. The number of ether oxygens (including phenoxy) is 1. The van der Waals surface area contributed by atoms with Gasteiger partial charge in [0.1, 0.15) is 0 Å². The van der Waals surface area contributed by atoms with E-state index in [1.54, 1.807) is 0 Å². The van der Waals surface area contributed by atoms with Gasteiger partial charge in [-0.25, -0.2) is 0 Å². The summed E-state index contributed by atoms with van der Waals surface area (Å²) in [5, 5.41) is 0. The Balaban J connectivity index is 1.74. The van der Waals surface area contributed by atoms with Gasteiger partial charge in [-0.1, -0.05) is 0 Å². The van der Waals surface area contributed by atoms with Crippen LogP contribution in [-0.4, -0.2) is 54.3 Å². The SMILES string of the molecule is CN(CC1CCCO1)c1nc(N)nc(N2CCCC2)n1. The van der Waals surface area contributed by atoms with Crippen molar-refractivity contribution in [2.75, 3.05) is 48.8 Å². The van der Waals surface area contributed by atoms with Crippen LogP contribution in [0.2, 0.25) is 0 Å². The molecule has 2 aliphatic heterocycles. The minimum Gasteiger partial charge on any atom is -0.376 e. The number of nitrogen functional groups attached to an aromatic ring is 1. The predicted molar refractivity (Wildman–Crippen MR) is 77.9 cm³/mol. The van der Waals surface area contributed by atoms with Crippen LogP contribution in [0, 0.1) is 0 Å². The number of anilines is 3. The van der Waals surface area contributed by atoms with Crippen LogP contribution in [0.15, 0.2) is 0 Å². The molecule has 20 heavy (non-hydrogen) atoms. The summed E-state index contributed by atoms with van der Waals surface area (Å²) in [5.74, 6) is 1.62. The molecule has 0 aromatic carbocycles. The van der Waals surface area contributed by atoms with Crippen LogP contribution in [0.3, 0.4) is 0 Å². The van der Waals surface area contributed by atoms with Crippen molar-refractivity contribution in [3.63, 3.8) is 0 Å². The number of likely N-dealkylation sites (N-methyl/N-ethyl adjacent to an activating group) is 1. The summed E-state index contributed by atoms with van der Waals surface area (Å²) in [6.07, 6.45) is 4.88. The number of hydrogen-bond donors (Lipinski definition) is 1. The van der Waals surface area contributed by atoms with Crippen LogP contribution >= 0.6 is 0 Å². The number of nitrogens with zero attached hydrogens (tertiary/aromatic N) is 5. The fraction of sp³-hybridized carbons (Fsp3) is 0.769. The quantitative estimate of drug-likeness (QED) is 0.867. The predicted octanol–water partition coefficient (Wildman–Crippen LogP) is 0.669. The van der Waals surface area contributed by atoms with Gasteiger partial charge in [-0.3, -0.25) is 0 Å². The van der Waals surface area contributed by atoms with Gasteiger partial charge in [0.05, 0.1) is 6.10 Å². The first-order valence-corrected chi connectivity index (χ1v) is 7.31. The van der Waals surface area contributed by atoms with E-state index in [-0.39, 0.29) is 12.1 Å². The lowest BCUT2D eigenvalue weighted by Gasteiger charge is -2.22. The Labute approximate surface area is 119 Å². The van der Waals surface area contributed by atoms with E-state index in [2.05, 4.69) is 19.9 Å². The molecule has 1 atom stereocenters. The van der Waals surface area contributed by atoms with Gasteiger partial charge in [-0.15, -0.1) is 0 Å². The average molecular weight is 278 g/mol. The molecule has 2 N–H and O–H groups in total. The zero-order valence-corrected chi connectivity index (χ0v) is 12.0. The third kappa shape index (κ3) is 2.92. The molecule has 7 nitrogen and oxygen atoms in total. The van der Waals surface area contributed by atoms with Crippen LogP contribution in [0.5, 0.6) is 0 Å². The molecule has 0 spiro atoms. The van der Waals surface area contributed by atoms with Crippen molar-refractivity contribution in [1.82, 2.24) is 15.0 Å². The van der Waals surface area contributed by atoms with E-state index in [0.717, 1.165) is 39.1 Å². The largest absolute Gasteiger partial charge is 0.376 e. The minimum absolute atomic E-state index is 0.272. The average Bonchev–Trinajstić information content (AvgIpc) is 3.11. The summed E-state index contributed by atoms with van der Waals surface area (Å²) < 4.78 is 5.65. The van der Waals surface area contributed by atoms with E-state index in [9.17, 15) is 0 Å². The molecular formula is C13H22N6O. The van der Waals surface area contributed by atoms with Crippen molar-refractivity contribution in [2.45, 2.75) is 31.8 Å². The summed E-state index contributed by atoms with van der Waals surface area (Å²) in [7, 11) is 1.98. The van der Waals surface area contributed by atoms with E-state index >= 15 is 0 Å². The molecule has 3 rings (SSSR count). The van der Waals surface area contributed by atoms with Crippen molar-refractivity contribution in [3.05, 3.63) is 0 Å². The summed E-state index contributed by atoms with van der Waals surface area (Å²) in [4.78, 5) is 17.2. The minimum atomic E-state index is 0.272. The van der Waals surface area contributed by atoms with Crippen LogP contribution in [-0.2, 0) is 4.74 Å². The maximum atomic E-state index is 5.83. The van der Waals surface area contributed by atoms with E-state index in [1.807, 2.05) is 11.9 Å². The van der Waals surface area contributed by atoms with Crippen molar-refractivity contribution >= 4 is 17.8 Å². The van der Waals surface area contributed by atoms with Crippen LogP contribution < -0.4 is 15.5 Å². The molecule has 3 heterocycles. The molecular weight excluding hydrogens is 256 g/mol. The molecule has 1 unspecified atom stereocenters. The molecule has 2 aliphatic rings. The Hall–Kier alpha value is -1.63. The molecule has 7 heteroatoms. The van der Waals surface area contributed by atoms with Gasteiger partial charge in [0.15, 0.2) is 0 Å². The Morgan fingerprint density at radius 1 is 1.25 bits per heavy atom. The zero-order chi connectivity index (χ0) is 13.9. The summed E-state index contributed by atoms with van der Waals surface area (Å²) in [6.45, 7) is 3.65. The molecule has 0 radical (unpaired) electrons. The van der Waals surface area contributed by atoms with E-state index < -0.39 is 0 Å². The summed E-state index contributed by atoms with van der Waals surface area (Å²) >= 11 is 0. The Kier molecular flexibility index (Phi) is 3.86. The summed E-state index contributed by atoms with van der Waals surface area (Å²) in [5.41, 5.74) is 5.83. The van der Waals surface area contributed by atoms with Gasteiger partial charge in [-0.2, -0.15) is 15.0 Å². The number of rotatable bonds is 4. The van der Waals surface area contributed by atoms with E-state index in [1.165, 1.54) is 12.8 Å². The van der Waals surface area contributed by atoms with Gasteiger partial charge < -0.3 is 20.3 Å². The highest BCUT2D eigenvalue weighted by molar-refractivity contribution is 5.43. The lowest BCUT2D eigenvalue weighted by molar-refractivity contribution is 0.116. The molecule has 2 saturated heterocycles. The standard InChI is InChI=1S/C13H22N6O/c1-18(9-10-5-4-8-20-10)12-15-11(14)16-13(17-12)19-6-2-3-7-19/h10H,2-9H2,1H3,(H2,14,15,16,17). The first kappa shape index (κ1) is 13.4. The monoisotopic (exact) mass is 278 g/mol. The second-order valence-electron chi connectivity index (χ2n) is 5.50.